The standard InChI is InChI=1S/C9H7F3INO2/c1-2-16-9(15)6-4(7(10)11)3-5(13)14-8(6)12/h3,7H,2H2,1H3. The number of carbonyl (C=O) groups is 1. The van der Waals surface area contributed by atoms with Gasteiger partial charge in [0.25, 0.3) is 6.43 Å². The average molecular weight is 345 g/mol. The fraction of sp³-hybridized carbons (Fsp3) is 0.333. The fourth-order valence-corrected chi connectivity index (χ4v) is 1.63. The van der Waals surface area contributed by atoms with Crippen LogP contribution < -0.4 is 0 Å². The lowest BCUT2D eigenvalue weighted by molar-refractivity contribution is 0.0507. The number of esters is 1. The van der Waals surface area contributed by atoms with Crippen molar-refractivity contribution in [1.29, 1.82) is 0 Å². The van der Waals surface area contributed by atoms with E-state index in [1.807, 2.05) is 0 Å². The van der Waals surface area contributed by atoms with Gasteiger partial charge in [-0.3, -0.25) is 0 Å². The van der Waals surface area contributed by atoms with E-state index in [1.165, 1.54) is 6.92 Å². The number of rotatable bonds is 3. The first-order chi connectivity index (χ1) is 7.47. The molecule has 0 radical (unpaired) electrons. The fourth-order valence-electron chi connectivity index (χ4n) is 1.08. The van der Waals surface area contributed by atoms with Crippen LogP contribution in [0.25, 0.3) is 0 Å². The quantitative estimate of drug-likeness (QED) is 0.480. The molecule has 0 spiro atoms. The van der Waals surface area contributed by atoms with Crippen molar-refractivity contribution in [2.24, 2.45) is 0 Å². The van der Waals surface area contributed by atoms with Crippen molar-refractivity contribution < 1.29 is 22.7 Å². The Morgan fingerprint density at radius 3 is 2.75 bits per heavy atom. The molecule has 1 rings (SSSR count). The first kappa shape index (κ1) is 13.2. The SMILES string of the molecule is CCOC(=O)c1c(C(F)F)cc(I)nc1F. The Morgan fingerprint density at radius 2 is 2.25 bits per heavy atom. The van der Waals surface area contributed by atoms with Crippen molar-refractivity contribution >= 4 is 28.6 Å². The average Bonchev–Trinajstić information content (AvgIpc) is 2.16. The lowest BCUT2D eigenvalue weighted by atomic mass is 10.1. The number of alkyl halides is 2. The van der Waals surface area contributed by atoms with Crippen molar-refractivity contribution in [3.05, 3.63) is 26.8 Å². The van der Waals surface area contributed by atoms with Crippen LogP contribution in [-0.2, 0) is 4.74 Å². The molecule has 3 nitrogen and oxygen atoms in total. The van der Waals surface area contributed by atoms with E-state index < -0.39 is 29.5 Å². The lowest BCUT2D eigenvalue weighted by Gasteiger charge is -2.08. The molecule has 0 aliphatic rings. The van der Waals surface area contributed by atoms with E-state index in [2.05, 4.69) is 9.72 Å². The van der Waals surface area contributed by atoms with Gasteiger partial charge >= 0.3 is 5.97 Å². The second kappa shape index (κ2) is 5.46. The molecule has 0 atom stereocenters. The van der Waals surface area contributed by atoms with Gasteiger partial charge in [-0.1, -0.05) is 0 Å². The zero-order valence-electron chi connectivity index (χ0n) is 8.14. The predicted molar refractivity (Wildman–Crippen MR) is 57.8 cm³/mol. The number of aromatic nitrogens is 1. The first-order valence-electron chi connectivity index (χ1n) is 4.28. The molecule has 0 saturated heterocycles. The van der Waals surface area contributed by atoms with Gasteiger partial charge in [-0.15, -0.1) is 0 Å². The number of hydrogen-bond donors (Lipinski definition) is 0. The minimum Gasteiger partial charge on any atom is -0.462 e. The minimum absolute atomic E-state index is 0.0209. The van der Waals surface area contributed by atoms with Gasteiger partial charge in [0, 0.05) is 5.56 Å². The Balaban J connectivity index is 3.29. The van der Waals surface area contributed by atoms with Crippen LogP contribution >= 0.6 is 22.6 Å². The van der Waals surface area contributed by atoms with E-state index in [9.17, 15) is 18.0 Å². The number of pyridine rings is 1. The molecule has 0 bridgehead atoms. The Labute approximate surface area is 103 Å². The highest BCUT2D eigenvalue weighted by Crippen LogP contribution is 2.26. The summed E-state index contributed by atoms with van der Waals surface area (Å²) >= 11 is 1.59. The van der Waals surface area contributed by atoms with Crippen molar-refractivity contribution in [3.63, 3.8) is 0 Å². The van der Waals surface area contributed by atoms with Crippen LogP contribution in [0.15, 0.2) is 6.07 Å². The summed E-state index contributed by atoms with van der Waals surface area (Å²) in [5.74, 6) is -2.36. The smallest absolute Gasteiger partial charge is 0.343 e. The van der Waals surface area contributed by atoms with E-state index in [-0.39, 0.29) is 10.3 Å². The van der Waals surface area contributed by atoms with E-state index in [0.717, 1.165) is 6.07 Å². The number of nitrogens with zero attached hydrogens (tertiary/aromatic N) is 1. The topological polar surface area (TPSA) is 39.2 Å². The zero-order chi connectivity index (χ0) is 12.3. The van der Waals surface area contributed by atoms with Crippen LogP contribution in [0.3, 0.4) is 0 Å². The van der Waals surface area contributed by atoms with Gasteiger partial charge in [-0.25, -0.2) is 18.6 Å². The molecule has 0 N–H and O–H groups in total. The highest BCUT2D eigenvalue weighted by molar-refractivity contribution is 14.1. The summed E-state index contributed by atoms with van der Waals surface area (Å²) in [6.07, 6.45) is -2.95. The molecule has 1 aromatic rings. The Morgan fingerprint density at radius 1 is 1.62 bits per heavy atom. The highest BCUT2D eigenvalue weighted by atomic mass is 127. The van der Waals surface area contributed by atoms with Crippen LogP contribution in [0.1, 0.15) is 29.3 Å². The third-order valence-electron chi connectivity index (χ3n) is 1.69. The zero-order valence-corrected chi connectivity index (χ0v) is 10.3. The maximum atomic E-state index is 13.3. The van der Waals surface area contributed by atoms with E-state index in [0.29, 0.717) is 0 Å². The molecule has 1 aromatic heterocycles. The van der Waals surface area contributed by atoms with Crippen molar-refractivity contribution in [2.45, 2.75) is 13.3 Å². The molecule has 7 heteroatoms. The molecule has 1 heterocycles. The van der Waals surface area contributed by atoms with Crippen LogP contribution in [0, 0.1) is 9.65 Å². The van der Waals surface area contributed by atoms with Gasteiger partial charge in [0.05, 0.1) is 6.61 Å². The number of halogens is 4. The van der Waals surface area contributed by atoms with Gasteiger partial charge in [0.1, 0.15) is 9.26 Å². The number of carbonyl (C=O) groups excluding carboxylic acids is 1. The summed E-state index contributed by atoms with van der Waals surface area (Å²) in [6, 6.07) is 0.959. The maximum absolute atomic E-state index is 13.3. The van der Waals surface area contributed by atoms with Crippen LogP contribution in [0.4, 0.5) is 13.2 Å². The summed E-state index contributed by atoms with van der Waals surface area (Å²) in [7, 11) is 0. The Bertz CT molecular complexity index is 412. The summed E-state index contributed by atoms with van der Waals surface area (Å²) in [6.45, 7) is 1.48. The van der Waals surface area contributed by atoms with Crippen LogP contribution in [0.2, 0.25) is 0 Å². The summed E-state index contributed by atoms with van der Waals surface area (Å²) in [4.78, 5) is 14.6. The van der Waals surface area contributed by atoms with Gasteiger partial charge in [-0.2, -0.15) is 4.39 Å². The molecule has 0 aliphatic heterocycles. The molecule has 0 unspecified atom stereocenters. The highest BCUT2D eigenvalue weighted by Gasteiger charge is 2.25. The van der Waals surface area contributed by atoms with Gasteiger partial charge in [0.15, 0.2) is 0 Å². The summed E-state index contributed by atoms with van der Waals surface area (Å²) < 4.78 is 43.0. The molecular weight excluding hydrogens is 338 g/mol. The predicted octanol–water partition coefficient (Wildman–Crippen LogP) is 2.94. The molecule has 0 fully saturated rings. The Kier molecular flexibility index (Phi) is 4.51. The minimum atomic E-state index is -2.95. The van der Waals surface area contributed by atoms with Crippen LogP contribution in [-0.4, -0.2) is 17.6 Å². The van der Waals surface area contributed by atoms with Crippen LogP contribution in [0.5, 0.6) is 0 Å². The van der Waals surface area contributed by atoms with Crippen molar-refractivity contribution in [1.82, 2.24) is 4.98 Å². The second-order valence-corrected chi connectivity index (χ2v) is 3.83. The third-order valence-corrected chi connectivity index (χ3v) is 2.24. The van der Waals surface area contributed by atoms with Crippen molar-refractivity contribution in [3.8, 4) is 0 Å². The Hall–Kier alpha value is -0.860. The van der Waals surface area contributed by atoms with E-state index >= 15 is 0 Å². The van der Waals surface area contributed by atoms with Gasteiger partial charge in [0.2, 0.25) is 5.95 Å². The first-order valence-corrected chi connectivity index (χ1v) is 5.36. The molecule has 0 saturated carbocycles. The molecule has 0 amide bonds. The maximum Gasteiger partial charge on any atom is 0.343 e. The van der Waals surface area contributed by atoms with Crippen molar-refractivity contribution in [2.75, 3.05) is 6.61 Å². The molecule has 0 aromatic carbocycles. The second-order valence-electron chi connectivity index (χ2n) is 2.72. The molecule has 88 valence electrons. The largest absolute Gasteiger partial charge is 0.462 e. The third kappa shape index (κ3) is 2.83. The molecule has 0 aliphatic carbocycles. The van der Waals surface area contributed by atoms with E-state index in [1.54, 1.807) is 22.6 Å². The lowest BCUT2D eigenvalue weighted by Crippen LogP contribution is -2.13. The monoisotopic (exact) mass is 345 g/mol. The number of hydrogen-bond acceptors (Lipinski definition) is 3. The molecular formula is C9H7F3INO2. The van der Waals surface area contributed by atoms with E-state index in [4.69, 9.17) is 0 Å². The summed E-state index contributed by atoms with van der Waals surface area (Å²) in [5, 5.41) is 0. The number of ether oxygens (including phenoxy) is 1. The van der Waals surface area contributed by atoms with Gasteiger partial charge < -0.3 is 4.74 Å². The normalized spacial score (nSPS) is 10.6. The van der Waals surface area contributed by atoms with Gasteiger partial charge in [-0.05, 0) is 35.6 Å². The molecule has 16 heavy (non-hydrogen) atoms. The summed E-state index contributed by atoms with van der Waals surface area (Å²) in [5.41, 5.74) is -1.49.